The lowest BCUT2D eigenvalue weighted by molar-refractivity contribution is -0.137. The van der Waals surface area contributed by atoms with Gasteiger partial charge in [0.05, 0.1) is 29.2 Å². The highest BCUT2D eigenvalue weighted by molar-refractivity contribution is 5.87. The van der Waals surface area contributed by atoms with Gasteiger partial charge in [-0.05, 0) is 18.6 Å². The molecule has 0 bridgehead atoms. The maximum atomic E-state index is 12.9. The molecule has 0 radical (unpaired) electrons. The summed E-state index contributed by atoms with van der Waals surface area (Å²) in [7, 11) is 0. The van der Waals surface area contributed by atoms with E-state index in [0.717, 1.165) is 5.69 Å². The average molecular weight is 354 g/mol. The fraction of sp³-hybridized carbons (Fsp3) is 0.526. The molecule has 2 amide bonds. The third kappa shape index (κ3) is 2.53. The van der Waals surface area contributed by atoms with Gasteiger partial charge in [0.15, 0.2) is 0 Å². The largest absolute Gasteiger partial charge is 0.381 e. The molecule has 1 aromatic carbocycles. The van der Waals surface area contributed by atoms with E-state index in [0.29, 0.717) is 51.4 Å². The molecule has 2 N–H and O–H groups in total. The maximum Gasteiger partial charge on any atom is 0.229 e. The van der Waals surface area contributed by atoms with Crippen LogP contribution in [0.25, 0.3) is 0 Å². The predicted octanol–water partition coefficient (Wildman–Crippen LogP) is 0.345. The molecule has 26 heavy (non-hydrogen) atoms. The van der Waals surface area contributed by atoms with Gasteiger partial charge in [-0.15, -0.1) is 0 Å². The van der Waals surface area contributed by atoms with Crippen LogP contribution in [0.15, 0.2) is 24.3 Å². The molecule has 0 saturated carbocycles. The third-order valence-electron chi connectivity index (χ3n) is 6.11. The Hall–Kier alpha value is -2.59. The maximum absolute atomic E-state index is 12.9. The van der Waals surface area contributed by atoms with Gasteiger partial charge in [0.2, 0.25) is 11.8 Å². The number of nitriles is 1. The summed E-state index contributed by atoms with van der Waals surface area (Å²) in [6.07, 6.45) is 0.586. The Morgan fingerprint density at radius 3 is 2.73 bits per heavy atom. The Labute approximate surface area is 152 Å². The standard InChI is InChI=1S/C19H22N4O3/c20-7-13-3-1-2-4-16(13)22-8-14(9-22)17(24)23-10-15-11-26-6-5-19(15,12-23)18(21)25/h1-4,14-15H,5-6,8-12H2,(H2,21,25)/t15-,19+/m1/s1. The molecule has 0 spiro atoms. The van der Waals surface area contributed by atoms with Crippen molar-refractivity contribution in [2.75, 3.05) is 44.3 Å². The molecule has 3 aliphatic rings. The molecule has 136 valence electrons. The number of benzene rings is 1. The van der Waals surface area contributed by atoms with Crippen LogP contribution in [0.5, 0.6) is 0 Å². The summed E-state index contributed by atoms with van der Waals surface area (Å²) < 4.78 is 5.50. The van der Waals surface area contributed by atoms with E-state index in [4.69, 9.17) is 10.5 Å². The molecule has 1 aromatic rings. The number of anilines is 1. The number of para-hydroxylation sites is 1. The van der Waals surface area contributed by atoms with Crippen molar-refractivity contribution in [3.05, 3.63) is 29.8 Å². The minimum atomic E-state index is -0.634. The number of rotatable bonds is 3. The first-order valence-electron chi connectivity index (χ1n) is 8.95. The van der Waals surface area contributed by atoms with Crippen molar-refractivity contribution in [1.29, 1.82) is 5.26 Å². The number of carbonyl (C=O) groups is 2. The normalized spacial score (nSPS) is 28.2. The number of amides is 2. The second-order valence-corrected chi connectivity index (χ2v) is 7.49. The number of nitrogens with zero attached hydrogens (tertiary/aromatic N) is 3. The van der Waals surface area contributed by atoms with Crippen molar-refractivity contribution >= 4 is 17.5 Å². The zero-order valence-electron chi connectivity index (χ0n) is 14.6. The van der Waals surface area contributed by atoms with E-state index >= 15 is 0 Å². The van der Waals surface area contributed by atoms with Gasteiger partial charge in [0.1, 0.15) is 6.07 Å². The van der Waals surface area contributed by atoms with Crippen molar-refractivity contribution in [2.45, 2.75) is 6.42 Å². The Morgan fingerprint density at radius 1 is 1.27 bits per heavy atom. The van der Waals surface area contributed by atoms with Gasteiger partial charge in [-0.25, -0.2) is 0 Å². The first kappa shape index (κ1) is 16.9. The summed E-state index contributed by atoms with van der Waals surface area (Å²) in [5.41, 5.74) is 6.54. The molecule has 7 nitrogen and oxygen atoms in total. The smallest absolute Gasteiger partial charge is 0.229 e. The molecule has 7 heteroatoms. The number of likely N-dealkylation sites (tertiary alicyclic amines) is 1. The van der Waals surface area contributed by atoms with Gasteiger partial charge >= 0.3 is 0 Å². The minimum absolute atomic E-state index is 0.00630. The molecule has 3 saturated heterocycles. The summed E-state index contributed by atoms with van der Waals surface area (Å²) in [5, 5.41) is 9.23. The van der Waals surface area contributed by atoms with E-state index in [1.807, 2.05) is 18.2 Å². The van der Waals surface area contributed by atoms with Crippen LogP contribution >= 0.6 is 0 Å². The fourth-order valence-corrected chi connectivity index (χ4v) is 4.45. The Bertz CT molecular complexity index is 783. The number of nitrogens with two attached hydrogens (primary N) is 1. The van der Waals surface area contributed by atoms with Crippen LogP contribution in [0.2, 0.25) is 0 Å². The van der Waals surface area contributed by atoms with Crippen LogP contribution in [0.3, 0.4) is 0 Å². The number of ether oxygens (including phenoxy) is 1. The van der Waals surface area contributed by atoms with Gasteiger partial charge in [0, 0.05) is 38.7 Å². The summed E-state index contributed by atoms with van der Waals surface area (Å²) in [6.45, 7) is 3.13. The monoisotopic (exact) mass is 354 g/mol. The van der Waals surface area contributed by atoms with Gasteiger partial charge in [-0.1, -0.05) is 12.1 Å². The summed E-state index contributed by atoms with van der Waals surface area (Å²) >= 11 is 0. The van der Waals surface area contributed by atoms with Crippen LogP contribution in [-0.4, -0.2) is 56.1 Å². The highest BCUT2D eigenvalue weighted by Gasteiger charge is 2.54. The van der Waals surface area contributed by atoms with E-state index < -0.39 is 5.41 Å². The van der Waals surface area contributed by atoms with Crippen LogP contribution in [0, 0.1) is 28.6 Å². The Balaban J connectivity index is 1.43. The molecule has 3 heterocycles. The van der Waals surface area contributed by atoms with Gasteiger partial charge in [-0.3, -0.25) is 9.59 Å². The second-order valence-electron chi connectivity index (χ2n) is 7.49. The number of carbonyl (C=O) groups excluding carboxylic acids is 2. The fourth-order valence-electron chi connectivity index (χ4n) is 4.45. The Kier molecular flexibility index (Phi) is 4.08. The van der Waals surface area contributed by atoms with Gasteiger partial charge in [0.25, 0.3) is 0 Å². The first-order valence-corrected chi connectivity index (χ1v) is 8.95. The van der Waals surface area contributed by atoms with Crippen molar-refractivity contribution < 1.29 is 14.3 Å². The lowest BCUT2D eigenvalue weighted by Crippen LogP contribution is -2.55. The van der Waals surface area contributed by atoms with Crippen molar-refractivity contribution in [3.8, 4) is 6.07 Å². The van der Waals surface area contributed by atoms with Gasteiger partial charge < -0.3 is 20.3 Å². The molecule has 4 rings (SSSR count). The molecule has 0 aliphatic carbocycles. The van der Waals surface area contributed by atoms with Crippen molar-refractivity contribution in [2.24, 2.45) is 23.0 Å². The zero-order chi connectivity index (χ0) is 18.3. The minimum Gasteiger partial charge on any atom is -0.381 e. The first-order chi connectivity index (χ1) is 12.5. The van der Waals surface area contributed by atoms with Crippen molar-refractivity contribution in [1.82, 2.24) is 4.90 Å². The summed E-state index contributed by atoms with van der Waals surface area (Å²) in [4.78, 5) is 28.8. The predicted molar refractivity (Wildman–Crippen MR) is 94.0 cm³/mol. The number of hydrogen-bond acceptors (Lipinski definition) is 5. The van der Waals surface area contributed by atoms with Crippen molar-refractivity contribution in [3.63, 3.8) is 0 Å². The second kappa shape index (κ2) is 6.29. The molecule has 2 atom stereocenters. The van der Waals surface area contributed by atoms with E-state index in [9.17, 15) is 14.9 Å². The molecule has 3 fully saturated rings. The molecule has 0 aromatic heterocycles. The molecule has 0 unspecified atom stereocenters. The quantitative estimate of drug-likeness (QED) is 0.844. The van der Waals surface area contributed by atoms with E-state index in [1.54, 1.807) is 11.0 Å². The van der Waals surface area contributed by atoms with E-state index in [1.165, 1.54) is 0 Å². The van der Waals surface area contributed by atoms with E-state index in [2.05, 4.69) is 11.0 Å². The van der Waals surface area contributed by atoms with Crippen LogP contribution in [-0.2, 0) is 14.3 Å². The highest BCUT2D eigenvalue weighted by atomic mass is 16.5. The zero-order valence-corrected chi connectivity index (χ0v) is 14.6. The molecular formula is C19H22N4O3. The molecular weight excluding hydrogens is 332 g/mol. The third-order valence-corrected chi connectivity index (χ3v) is 6.11. The summed E-state index contributed by atoms with van der Waals surface area (Å²) in [6, 6.07) is 9.61. The summed E-state index contributed by atoms with van der Waals surface area (Å²) in [5.74, 6) is -0.356. The topological polar surface area (TPSA) is 99.7 Å². The van der Waals surface area contributed by atoms with Crippen LogP contribution in [0.1, 0.15) is 12.0 Å². The average Bonchev–Trinajstić information content (AvgIpc) is 3.02. The van der Waals surface area contributed by atoms with E-state index in [-0.39, 0.29) is 23.7 Å². The lowest BCUT2D eigenvalue weighted by Gasteiger charge is -2.42. The Morgan fingerprint density at radius 2 is 2.04 bits per heavy atom. The number of fused-ring (bicyclic) bond motifs is 1. The SMILES string of the molecule is N#Cc1ccccc1N1CC(C(=O)N2C[C@@H]3COCC[C@]3(C(N)=O)C2)C1. The number of hydrogen-bond donors (Lipinski definition) is 1. The van der Waals surface area contributed by atoms with Gasteiger partial charge in [-0.2, -0.15) is 5.26 Å². The molecule has 3 aliphatic heterocycles. The van der Waals surface area contributed by atoms with Crippen LogP contribution < -0.4 is 10.6 Å². The highest BCUT2D eigenvalue weighted by Crippen LogP contribution is 2.43. The van der Waals surface area contributed by atoms with Crippen LogP contribution in [0.4, 0.5) is 5.69 Å². The lowest BCUT2D eigenvalue weighted by atomic mass is 9.74. The number of primary amides is 1.